The molecule has 0 aliphatic heterocycles. The zero-order valence-corrected chi connectivity index (χ0v) is 21.0. The molecule has 8 N–H and O–H groups in total. The number of nitrogens with two attached hydrogens (primary N) is 1. The Balaban J connectivity index is 2.86. The number of benzene rings is 1. The molecule has 0 aliphatic rings. The van der Waals surface area contributed by atoms with Crippen molar-refractivity contribution in [1.82, 2.24) is 16.0 Å². The van der Waals surface area contributed by atoms with Crippen LogP contribution in [0.3, 0.4) is 0 Å². The summed E-state index contributed by atoms with van der Waals surface area (Å²) in [5.74, 6) is -4.74. The predicted molar refractivity (Wildman–Crippen MR) is 133 cm³/mol. The molecule has 0 radical (unpaired) electrons. The van der Waals surface area contributed by atoms with Crippen molar-refractivity contribution in [3.8, 4) is 5.75 Å². The Morgan fingerprint density at radius 3 is 1.92 bits per heavy atom. The van der Waals surface area contributed by atoms with Crippen LogP contribution in [0.15, 0.2) is 24.3 Å². The Kier molecular flexibility index (Phi) is 12.7. The van der Waals surface area contributed by atoms with Gasteiger partial charge in [-0.1, -0.05) is 26.0 Å². The fourth-order valence-corrected chi connectivity index (χ4v) is 3.46. The number of phenolic OH excluding ortho intramolecular Hbond substituents is 1. The zero-order chi connectivity index (χ0) is 27.4. The average Bonchev–Trinajstić information content (AvgIpc) is 2.80. The van der Waals surface area contributed by atoms with Crippen LogP contribution < -0.4 is 21.7 Å². The fraction of sp³-hybridized carbons (Fsp3) is 0.522. The van der Waals surface area contributed by atoms with Gasteiger partial charge in [0, 0.05) is 18.6 Å². The Labute approximate surface area is 214 Å². The molecule has 3 amide bonds. The molecule has 0 heterocycles. The molecular formula is C23H34N4O8S. The van der Waals surface area contributed by atoms with Crippen LogP contribution in [0.2, 0.25) is 0 Å². The van der Waals surface area contributed by atoms with Gasteiger partial charge in [0.25, 0.3) is 0 Å². The number of carbonyl (C=O) groups excluding carboxylic acids is 3. The second kappa shape index (κ2) is 14.9. The average molecular weight is 527 g/mol. The van der Waals surface area contributed by atoms with Gasteiger partial charge in [-0.25, -0.2) is 4.79 Å². The minimum Gasteiger partial charge on any atom is -0.508 e. The maximum atomic E-state index is 12.9. The molecule has 1 aromatic rings. The number of rotatable bonds is 15. The summed E-state index contributed by atoms with van der Waals surface area (Å²) in [5.41, 5.74) is 6.28. The summed E-state index contributed by atoms with van der Waals surface area (Å²) in [6.07, 6.45) is -0.277. The van der Waals surface area contributed by atoms with Gasteiger partial charge in [-0.15, -0.1) is 0 Å². The number of carboxylic acid groups (broad SMARTS) is 2. The lowest BCUT2D eigenvalue weighted by atomic mass is 10.0. The number of hydrogen-bond acceptors (Lipinski definition) is 8. The van der Waals surface area contributed by atoms with Gasteiger partial charge in [0.2, 0.25) is 17.7 Å². The van der Waals surface area contributed by atoms with Crippen LogP contribution in [0.5, 0.6) is 5.75 Å². The van der Waals surface area contributed by atoms with Crippen molar-refractivity contribution in [2.24, 2.45) is 11.7 Å². The number of amides is 3. The third-order valence-corrected chi connectivity index (χ3v) is 5.52. The molecule has 4 atom stereocenters. The molecule has 0 aromatic heterocycles. The van der Waals surface area contributed by atoms with Crippen molar-refractivity contribution in [3.05, 3.63) is 29.8 Å². The second-order valence-electron chi connectivity index (χ2n) is 8.74. The summed E-state index contributed by atoms with van der Waals surface area (Å²) in [5, 5.41) is 35.0. The van der Waals surface area contributed by atoms with Gasteiger partial charge in [0.1, 0.15) is 23.9 Å². The number of aliphatic carboxylic acids is 2. The van der Waals surface area contributed by atoms with E-state index in [4.69, 9.17) is 10.8 Å². The van der Waals surface area contributed by atoms with Gasteiger partial charge < -0.3 is 37.0 Å². The first-order valence-electron chi connectivity index (χ1n) is 11.3. The summed E-state index contributed by atoms with van der Waals surface area (Å²) in [6, 6.07) is 1.13. The molecule has 0 aliphatic carbocycles. The van der Waals surface area contributed by atoms with Crippen molar-refractivity contribution in [2.75, 3.05) is 5.75 Å². The monoisotopic (exact) mass is 526 g/mol. The van der Waals surface area contributed by atoms with E-state index in [0.29, 0.717) is 5.56 Å². The molecule has 4 unspecified atom stereocenters. The number of carbonyl (C=O) groups is 5. The Morgan fingerprint density at radius 2 is 1.42 bits per heavy atom. The van der Waals surface area contributed by atoms with Crippen LogP contribution in [0, 0.1) is 5.92 Å². The molecule has 200 valence electrons. The first-order chi connectivity index (χ1) is 16.8. The zero-order valence-electron chi connectivity index (χ0n) is 20.1. The molecule has 36 heavy (non-hydrogen) atoms. The third kappa shape index (κ3) is 11.0. The maximum absolute atomic E-state index is 12.9. The van der Waals surface area contributed by atoms with Crippen molar-refractivity contribution >= 4 is 42.3 Å². The normalized spacial score (nSPS) is 14.2. The lowest BCUT2D eigenvalue weighted by Gasteiger charge is -2.25. The smallest absolute Gasteiger partial charge is 0.326 e. The lowest BCUT2D eigenvalue weighted by molar-refractivity contribution is -0.142. The lowest BCUT2D eigenvalue weighted by Crippen LogP contribution is -2.58. The van der Waals surface area contributed by atoms with Gasteiger partial charge in [-0.3, -0.25) is 19.2 Å². The van der Waals surface area contributed by atoms with Gasteiger partial charge in [-0.2, -0.15) is 12.6 Å². The first kappa shape index (κ1) is 30.7. The number of carboxylic acids is 2. The van der Waals surface area contributed by atoms with Crippen LogP contribution in [0.4, 0.5) is 0 Å². The van der Waals surface area contributed by atoms with E-state index < -0.39 is 53.8 Å². The molecule has 12 nitrogen and oxygen atoms in total. The van der Waals surface area contributed by atoms with E-state index in [2.05, 4.69) is 28.6 Å². The van der Waals surface area contributed by atoms with E-state index in [0.717, 1.165) is 0 Å². The van der Waals surface area contributed by atoms with Gasteiger partial charge in [0.05, 0.1) is 6.04 Å². The standard InChI is InChI=1S/C23H34N4O8S/c1-12(2)9-16(25-20(31)15(24)7-8-19(29)30)21(32)27-18(11-36)22(33)26-17(23(34)35)10-13-3-5-14(28)6-4-13/h3-6,12,15-18,28,36H,7-11,24H2,1-2H3,(H,25,31)(H,26,33)(H,27,32)(H,29,30)(H,34,35). The quantitative estimate of drug-likeness (QED) is 0.140. The molecule has 13 heteroatoms. The molecule has 1 rings (SSSR count). The fourth-order valence-electron chi connectivity index (χ4n) is 3.20. The largest absolute Gasteiger partial charge is 0.508 e. The van der Waals surface area contributed by atoms with Gasteiger partial charge in [-0.05, 0) is 36.5 Å². The van der Waals surface area contributed by atoms with E-state index in [1.807, 2.05) is 13.8 Å². The van der Waals surface area contributed by atoms with E-state index in [-0.39, 0.29) is 43.1 Å². The molecule has 0 saturated heterocycles. The molecule has 0 bridgehead atoms. The van der Waals surface area contributed by atoms with Crippen molar-refractivity contribution in [3.63, 3.8) is 0 Å². The number of aromatic hydroxyl groups is 1. The van der Waals surface area contributed by atoms with E-state index in [1.54, 1.807) is 0 Å². The Hall–Kier alpha value is -3.32. The minimum absolute atomic E-state index is 0.0124. The number of thiol groups is 1. The van der Waals surface area contributed by atoms with E-state index in [9.17, 15) is 34.2 Å². The van der Waals surface area contributed by atoms with Crippen LogP contribution >= 0.6 is 12.6 Å². The SMILES string of the molecule is CC(C)CC(NC(=O)C(N)CCC(=O)O)C(=O)NC(CS)C(=O)NC(Cc1ccc(O)cc1)C(=O)O. The summed E-state index contributed by atoms with van der Waals surface area (Å²) in [6.45, 7) is 3.64. The second-order valence-corrected chi connectivity index (χ2v) is 9.11. The first-order valence-corrected chi connectivity index (χ1v) is 12.0. The van der Waals surface area contributed by atoms with Crippen LogP contribution in [0.25, 0.3) is 0 Å². The van der Waals surface area contributed by atoms with Gasteiger partial charge in [0.15, 0.2) is 0 Å². The highest BCUT2D eigenvalue weighted by Gasteiger charge is 2.30. The van der Waals surface area contributed by atoms with Crippen molar-refractivity contribution < 1.29 is 39.3 Å². The number of nitrogens with one attached hydrogen (secondary N) is 3. The highest BCUT2D eigenvalue weighted by Crippen LogP contribution is 2.12. The summed E-state index contributed by atoms with van der Waals surface area (Å²) >= 11 is 4.09. The summed E-state index contributed by atoms with van der Waals surface area (Å²) in [7, 11) is 0. The Morgan fingerprint density at radius 1 is 0.889 bits per heavy atom. The molecule has 1 aromatic carbocycles. The summed E-state index contributed by atoms with van der Waals surface area (Å²) in [4.78, 5) is 60.4. The maximum Gasteiger partial charge on any atom is 0.326 e. The molecule has 0 spiro atoms. The van der Waals surface area contributed by atoms with Crippen LogP contribution in [-0.4, -0.2) is 74.9 Å². The molecule has 0 saturated carbocycles. The van der Waals surface area contributed by atoms with Crippen molar-refractivity contribution in [2.45, 2.75) is 63.7 Å². The minimum atomic E-state index is -1.31. The highest BCUT2D eigenvalue weighted by atomic mass is 32.1. The topological polar surface area (TPSA) is 208 Å². The summed E-state index contributed by atoms with van der Waals surface area (Å²) < 4.78 is 0. The number of phenols is 1. The third-order valence-electron chi connectivity index (χ3n) is 5.15. The van der Waals surface area contributed by atoms with E-state index >= 15 is 0 Å². The molecule has 0 fully saturated rings. The number of hydrogen-bond donors (Lipinski definition) is 8. The van der Waals surface area contributed by atoms with Crippen LogP contribution in [0.1, 0.15) is 38.7 Å². The Bertz CT molecular complexity index is 925. The van der Waals surface area contributed by atoms with E-state index in [1.165, 1.54) is 24.3 Å². The molecular weight excluding hydrogens is 492 g/mol. The highest BCUT2D eigenvalue weighted by molar-refractivity contribution is 7.80. The van der Waals surface area contributed by atoms with Crippen molar-refractivity contribution in [1.29, 1.82) is 0 Å². The predicted octanol–water partition coefficient (Wildman–Crippen LogP) is -0.358. The van der Waals surface area contributed by atoms with Gasteiger partial charge >= 0.3 is 11.9 Å². The van der Waals surface area contributed by atoms with Crippen LogP contribution in [-0.2, 0) is 30.4 Å².